The van der Waals surface area contributed by atoms with Crippen molar-refractivity contribution in [2.45, 2.75) is 12.2 Å². The van der Waals surface area contributed by atoms with Gasteiger partial charge < -0.3 is 14.6 Å². The van der Waals surface area contributed by atoms with Crippen molar-refractivity contribution in [1.82, 2.24) is 0 Å². The zero-order valence-electron chi connectivity index (χ0n) is 19.0. The number of alkyl halides is 3. The van der Waals surface area contributed by atoms with E-state index in [9.17, 15) is 32.3 Å². The van der Waals surface area contributed by atoms with Gasteiger partial charge in [0.25, 0.3) is 11.7 Å². The van der Waals surface area contributed by atoms with E-state index in [1.54, 1.807) is 6.07 Å². The lowest BCUT2D eigenvalue weighted by atomic mass is 9.94. The summed E-state index contributed by atoms with van der Waals surface area (Å²) in [4.78, 5) is 27.3. The maximum absolute atomic E-state index is 13.7. The molecule has 4 rings (SSSR count). The fourth-order valence-electron chi connectivity index (χ4n) is 4.01. The van der Waals surface area contributed by atoms with Gasteiger partial charge in [-0.1, -0.05) is 12.1 Å². The first-order valence-electron chi connectivity index (χ1n) is 10.5. The largest absolute Gasteiger partial charge is 0.507 e. The Balaban J connectivity index is 1.94. The molecule has 186 valence electrons. The average Bonchev–Trinajstić information content (AvgIpc) is 3.13. The van der Waals surface area contributed by atoms with Crippen molar-refractivity contribution in [2.75, 3.05) is 19.1 Å². The lowest BCUT2D eigenvalue weighted by Gasteiger charge is -2.26. The molecule has 1 fully saturated rings. The molecule has 36 heavy (non-hydrogen) atoms. The maximum atomic E-state index is 13.7. The van der Waals surface area contributed by atoms with Crippen molar-refractivity contribution in [2.24, 2.45) is 0 Å². The van der Waals surface area contributed by atoms with E-state index in [2.05, 4.69) is 0 Å². The van der Waals surface area contributed by atoms with E-state index in [-0.39, 0.29) is 28.1 Å². The lowest BCUT2D eigenvalue weighted by Crippen LogP contribution is -2.29. The van der Waals surface area contributed by atoms with Crippen LogP contribution in [0.2, 0.25) is 0 Å². The number of aliphatic hydroxyl groups is 1. The Hall–Kier alpha value is -4.34. The van der Waals surface area contributed by atoms with Crippen LogP contribution in [0.25, 0.3) is 5.76 Å². The first-order valence-corrected chi connectivity index (χ1v) is 10.5. The standard InChI is InChI=1S/C26H19F4NO5/c1-35-18-11-12-20(36-2)19(13-18)23(32)21-22(14-3-7-16(27)8-4-14)31(25(34)24(21)33)17-9-5-15(6-10-17)26(28,29)30/h3-13,22,32H,1-2H3/b23-21+. The van der Waals surface area contributed by atoms with Crippen molar-refractivity contribution in [3.05, 3.63) is 94.8 Å². The van der Waals surface area contributed by atoms with Crippen LogP contribution in [0.4, 0.5) is 23.2 Å². The van der Waals surface area contributed by atoms with Crippen LogP contribution in [0.5, 0.6) is 11.5 Å². The van der Waals surface area contributed by atoms with Gasteiger partial charge in [-0.25, -0.2) is 4.39 Å². The van der Waals surface area contributed by atoms with Gasteiger partial charge in [0.2, 0.25) is 0 Å². The van der Waals surface area contributed by atoms with E-state index in [1.807, 2.05) is 0 Å². The number of anilines is 1. The number of carbonyl (C=O) groups is 2. The third kappa shape index (κ3) is 4.37. The summed E-state index contributed by atoms with van der Waals surface area (Å²) in [5.74, 6) is -2.83. The van der Waals surface area contributed by atoms with Crippen molar-refractivity contribution in [1.29, 1.82) is 0 Å². The highest BCUT2D eigenvalue weighted by Gasteiger charge is 2.47. The van der Waals surface area contributed by atoms with Crippen LogP contribution in [0, 0.1) is 5.82 Å². The van der Waals surface area contributed by atoms with Crippen LogP contribution in [0.1, 0.15) is 22.7 Å². The number of Topliss-reactive ketones (excluding diaryl/α,β-unsaturated/α-hetero) is 1. The fourth-order valence-corrected chi connectivity index (χ4v) is 4.01. The topological polar surface area (TPSA) is 76.1 Å². The summed E-state index contributed by atoms with van der Waals surface area (Å²) < 4.78 is 63.3. The van der Waals surface area contributed by atoms with E-state index < -0.39 is 41.0 Å². The van der Waals surface area contributed by atoms with Crippen LogP contribution in [-0.2, 0) is 15.8 Å². The highest BCUT2D eigenvalue weighted by Crippen LogP contribution is 2.44. The number of halogens is 4. The second-order valence-corrected chi connectivity index (χ2v) is 7.83. The molecule has 1 heterocycles. The second kappa shape index (κ2) is 9.37. The van der Waals surface area contributed by atoms with Crippen molar-refractivity contribution < 1.29 is 41.7 Å². The Labute approximate surface area is 203 Å². The van der Waals surface area contributed by atoms with E-state index in [0.29, 0.717) is 5.75 Å². The number of nitrogens with zero attached hydrogens (tertiary/aromatic N) is 1. The number of ketones is 1. The highest BCUT2D eigenvalue weighted by molar-refractivity contribution is 6.51. The minimum Gasteiger partial charge on any atom is -0.507 e. The van der Waals surface area contributed by atoms with Gasteiger partial charge in [0, 0.05) is 5.69 Å². The first kappa shape index (κ1) is 24.8. The molecule has 1 atom stereocenters. The number of hydrogen-bond acceptors (Lipinski definition) is 5. The Morgan fingerprint density at radius 1 is 0.917 bits per heavy atom. The van der Waals surface area contributed by atoms with Gasteiger partial charge in [0.15, 0.2) is 0 Å². The molecule has 3 aromatic rings. The molecule has 0 bridgehead atoms. The number of carbonyl (C=O) groups excluding carboxylic acids is 2. The predicted octanol–water partition coefficient (Wildman–Crippen LogP) is 5.49. The monoisotopic (exact) mass is 501 g/mol. The summed E-state index contributed by atoms with van der Waals surface area (Å²) in [6, 6.07) is 11.7. The molecular weight excluding hydrogens is 482 g/mol. The number of methoxy groups -OCH3 is 2. The number of benzene rings is 3. The van der Waals surface area contributed by atoms with E-state index in [0.717, 1.165) is 41.3 Å². The molecule has 0 aromatic heterocycles. The summed E-state index contributed by atoms with van der Waals surface area (Å²) in [6.07, 6.45) is -4.61. The smallest absolute Gasteiger partial charge is 0.416 e. The van der Waals surface area contributed by atoms with Gasteiger partial charge in [-0.15, -0.1) is 0 Å². The normalized spacial score (nSPS) is 17.4. The SMILES string of the molecule is COc1ccc(OC)c(/C(O)=C2\C(=O)C(=O)N(c3ccc(C(F)(F)F)cc3)C2c2ccc(F)cc2)c1. The molecule has 1 aliphatic rings. The number of aliphatic hydroxyl groups excluding tert-OH is 1. The lowest BCUT2D eigenvalue weighted by molar-refractivity contribution is -0.137. The summed E-state index contributed by atoms with van der Waals surface area (Å²) >= 11 is 0. The molecule has 1 saturated heterocycles. The molecular formula is C26H19F4NO5. The van der Waals surface area contributed by atoms with E-state index in [4.69, 9.17) is 9.47 Å². The molecule has 1 N–H and O–H groups in total. The quantitative estimate of drug-likeness (QED) is 0.217. The fraction of sp³-hybridized carbons (Fsp3) is 0.154. The van der Waals surface area contributed by atoms with Gasteiger partial charge in [0.05, 0.1) is 37.0 Å². The molecule has 1 aliphatic heterocycles. The Morgan fingerprint density at radius 2 is 1.56 bits per heavy atom. The number of amides is 1. The molecule has 0 spiro atoms. The Bertz CT molecular complexity index is 1350. The summed E-state index contributed by atoms with van der Waals surface area (Å²) in [7, 11) is 2.74. The van der Waals surface area contributed by atoms with Crippen LogP contribution in [-0.4, -0.2) is 31.0 Å². The van der Waals surface area contributed by atoms with Gasteiger partial charge in [-0.3, -0.25) is 14.5 Å². The van der Waals surface area contributed by atoms with Gasteiger partial charge in [-0.05, 0) is 60.2 Å². The number of ether oxygens (including phenoxy) is 2. The predicted molar refractivity (Wildman–Crippen MR) is 122 cm³/mol. The zero-order valence-corrected chi connectivity index (χ0v) is 19.0. The van der Waals surface area contributed by atoms with Crippen LogP contribution >= 0.6 is 0 Å². The number of hydrogen-bond donors (Lipinski definition) is 1. The average molecular weight is 501 g/mol. The third-order valence-electron chi connectivity index (χ3n) is 5.76. The highest BCUT2D eigenvalue weighted by atomic mass is 19.4. The Kier molecular flexibility index (Phi) is 6.45. The molecule has 1 amide bonds. The van der Waals surface area contributed by atoms with Gasteiger partial charge >= 0.3 is 6.18 Å². The van der Waals surface area contributed by atoms with Crippen LogP contribution in [0.3, 0.4) is 0 Å². The van der Waals surface area contributed by atoms with Gasteiger partial charge in [0.1, 0.15) is 23.1 Å². The van der Waals surface area contributed by atoms with Crippen LogP contribution < -0.4 is 14.4 Å². The zero-order chi connectivity index (χ0) is 26.2. The first-order chi connectivity index (χ1) is 17.1. The molecule has 3 aromatic carbocycles. The van der Waals surface area contributed by atoms with E-state index >= 15 is 0 Å². The molecule has 1 unspecified atom stereocenters. The minimum atomic E-state index is -4.61. The summed E-state index contributed by atoms with van der Waals surface area (Å²) in [5, 5.41) is 11.3. The molecule has 0 radical (unpaired) electrons. The maximum Gasteiger partial charge on any atom is 0.416 e. The molecule has 0 saturated carbocycles. The van der Waals surface area contributed by atoms with Crippen molar-refractivity contribution >= 4 is 23.1 Å². The summed E-state index contributed by atoms with van der Waals surface area (Å²) in [6.45, 7) is 0. The van der Waals surface area contributed by atoms with Crippen molar-refractivity contribution in [3.8, 4) is 11.5 Å². The minimum absolute atomic E-state index is 0.0175. The molecule has 6 nitrogen and oxygen atoms in total. The Morgan fingerprint density at radius 3 is 2.11 bits per heavy atom. The molecule has 0 aliphatic carbocycles. The number of rotatable bonds is 5. The molecule has 10 heteroatoms. The van der Waals surface area contributed by atoms with Crippen LogP contribution in [0.15, 0.2) is 72.3 Å². The van der Waals surface area contributed by atoms with Gasteiger partial charge in [-0.2, -0.15) is 13.2 Å². The third-order valence-corrected chi connectivity index (χ3v) is 5.76. The van der Waals surface area contributed by atoms with E-state index in [1.165, 1.54) is 38.5 Å². The second-order valence-electron chi connectivity index (χ2n) is 7.83. The summed E-state index contributed by atoms with van der Waals surface area (Å²) in [5.41, 5.74) is -1.01. The van der Waals surface area contributed by atoms with Crippen molar-refractivity contribution in [3.63, 3.8) is 0 Å².